The van der Waals surface area contributed by atoms with Crippen molar-refractivity contribution in [1.29, 1.82) is 0 Å². The van der Waals surface area contributed by atoms with E-state index in [0.717, 1.165) is 37.6 Å². The number of nitrogens with zero attached hydrogens (tertiary/aromatic N) is 2. The lowest BCUT2D eigenvalue weighted by Gasteiger charge is -2.28. The van der Waals surface area contributed by atoms with Gasteiger partial charge in [-0.25, -0.2) is 5.43 Å². The topological polar surface area (TPSA) is 53.9 Å². The Bertz CT molecular complexity index is 674. The monoisotopic (exact) mass is 329 g/mol. The summed E-state index contributed by atoms with van der Waals surface area (Å²) in [6.07, 6.45) is 0. The van der Waals surface area contributed by atoms with Crippen LogP contribution in [0.2, 0.25) is 0 Å². The summed E-state index contributed by atoms with van der Waals surface area (Å²) in [4.78, 5) is 14.8. The molecule has 1 aromatic heterocycles. The highest BCUT2D eigenvalue weighted by Crippen LogP contribution is 2.17. The summed E-state index contributed by atoms with van der Waals surface area (Å²) >= 11 is 1.40. The molecule has 2 heterocycles. The summed E-state index contributed by atoms with van der Waals surface area (Å²) in [7, 11) is 0. The minimum Gasteiger partial charge on any atom is -0.378 e. The first kappa shape index (κ1) is 15.7. The van der Waals surface area contributed by atoms with E-state index in [1.165, 1.54) is 17.0 Å². The third kappa shape index (κ3) is 3.97. The van der Waals surface area contributed by atoms with Crippen molar-refractivity contribution in [2.24, 2.45) is 5.10 Å². The molecule has 1 saturated heterocycles. The SMILES string of the molecule is C/C(=N\NC(=O)c1cccs1)c1ccc(N2CCOCC2)cc1. The first-order valence-corrected chi connectivity index (χ1v) is 8.43. The Kier molecular flexibility index (Phi) is 5.05. The number of ether oxygens (including phenoxy) is 1. The Morgan fingerprint density at radius 1 is 1.22 bits per heavy atom. The van der Waals surface area contributed by atoms with Crippen molar-refractivity contribution in [2.45, 2.75) is 6.92 Å². The molecule has 1 amide bonds. The highest BCUT2D eigenvalue weighted by Gasteiger charge is 2.11. The van der Waals surface area contributed by atoms with E-state index in [-0.39, 0.29) is 5.91 Å². The molecular formula is C17H19N3O2S. The molecule has 0 radical (unpaired) electrons. The van der Waals surface area contributed by atoms with Crippen molar-refractivity contribution in [2.75, 3.05) is 31.2 Å². The number of rotatable bonds is 4. The van der Waals surface area contributed by atoms with E-state index >= 15 is 0 Å². The van der Waals surface area contributed by atoms with Crippen molar-refractivity contribution >= 4 is 28.6 Å². The number of benzene rings is 1. The van der Waals surface area contributed by atoms with E-state index in [2.05, 4.69) is 27.6 Å². The fraction of sp³-hybridized carbons (Fsp3) is 0.294. The normalized spacial score (nSPS) is 15.5. The van der Waals surface area contributed by atoms with Gasteiger partial charge in [-0.15, -0.1) is 11.3 Å². The summed E-state index contributed by atoms with van der Waals surface area (Å²) in [6.45, 7) is 5.28. The highest BCUT2D eigenvalue weighted by molar-refractivity contribution is 7.12. The lowest BCUT2D eigenvalue weighted by atomic mass is 10.1. The minimum atomic E-state index is -0.177. The molecule has 0 aliphatic carbocycles. The van der Waals surface area contributed by atoms with E-state index < -0.39 is 0 Å². The maximum atomic E-state index is 11.9. The van der Waals surface area contributed by atoms with Crippen LogP contribution in [0, 0.1) is 0 Å². The summed E-state index contributed by atoms with van der Waals surface area (Å²) < 4.78 is 5.37. The zero-order chi connectivity index (χ0) is 16.1. The van der Waals surface area contributed by atoms with Gasteiger partial charge in [0.2, 0.25) is 0 Å². The second kappa shape index (κ2) is 7.39. The number of nitrogens with one attached hydrogen (secondary N) is 1. The van der Waals surface area contributed by atoms with Crippen molar-refractivity contribution in [3.8, 4) is 0 Å². The zero-order valence-corrected chi connectivity index (χ0v) is 13.8. The molecule has 5 nitrogen and oxygen atoms in total. The molecule has 6 heteroatoms. The Balaban J connectivity index is 1.63. The maximum absolute atomic E-state index is 11.9. The lowest BCUT2D eigenvalue weighted by molar-refractivity contribution is 0.0959. The van der Waals surface area contributed by atoms with Gasteiger partial charge in [0.15, 0.2) is 0 Å². The number of hydrogen-bond donors (Lipinski definition) is 1. The van der Waals surface area contributed by atoms with Gasteiger partial charge in [-0.1, -0.05) is 18.2 Å². The van der Waals surface area contributed by atoms with E-state index in [4.69, 9.17) is 4.74 Å². The molecule has 1 aliphatic rings. The summed E-state index contributed by atoms with van der Waals surface area (Å²) in [5.41, 5.74) is 5.56. The third-order valence-corrected chi connectivity index (χ3v) is 4.60. The van der Waals surface area contributed by atoms with Crippen LogP contribution < -0.4 is 10.3 Å². The Morgan fingerprint density at radius 2 is 1.96 bits per heavy atom. The van der Waals surface area contributed by atoms with Gasteiger partial charge in [-0.3, -0.25) is 4.79 Å². The summed E-state index contributed by atoms with van der Waals surface area (Å²) in [5, 5.41) is 6.05. The number of hydrazone groups is 1. The van der Waals surface area contributed by atoms with Crippen LogP contribution in [0.4, 0.5) is 5.69 Å². The van der Waals surface area contributed by atoms with Gasteiger partial charge >= 0.3 is 0 Å². The molecule has 0 bridgehead atoms. The number of anilines is 1. The molecule has 1 aromatic carbocycles. The molecular weight excluding hydrogens is 310 g/mol. The Labute approximate surface area is 139 Å². The fourth-order valence-corrected chi connectivity index (χ4v) is 3.01. The first-order chi connectivity index (χ1) is 11.2. The average molecular weight is 329 g/mol. The molecule has 0 saturated carbocycles. The van der Waals surface area contributed by atoms with Crippen molar-refractivity contribution < 1.29 is 9.53 Å². The van der Waals surface area contributed by atoms with Gasteiger partial charge in [-0.05, 0) is 36.1 Å². The molecule has 0 unspecified atom stereocenters. The molecule has 0 spiro atoms. The predicted octanol–water partition coefficient (Wildman–Crippen LogP) is 2.74. The molecule has 23 heavy (non-hydrogen) atoms. The summed E-state index contributed by atoms with van der Waals surface area (Å²) in [6, 6.07) is 11.9. The Hall–Kier alpha value is -2.18. The van der Waals surface area contributed by atoms with E-state index in [9.17, 15) is 4.79 Å². The Morgan fingerprint density at radius 3 is 2.61 bits per heavy atom. The zero-order valence-electron chi connectivity index (χ0n) is 13.0. The molecule has 0 atom stereocenters. The first-order valence-electron chi connectivity index (χ1n) is 7.55. The molecule has 2 aromatic rings. The average Bonchev–Trinajstić information content (AvgIpc) is 3.15. The lowest BCUT2D eigenvalue weighted by Crippen LogP contribution is -2.36. The van der Waals surface area contributed by atoms with Gasteiger partial charge in [0, 0.05) is 18.8 Å². The molecule has 120 valence electrons. The van der Waals surface area contributed by atoms with Crippen LogP contribution in [0.15, 0.2) is 46.9 Å². The number of amides is 1. The molecule has 1 fully saturated rings. The van der Waals surface area contributed by atoms with Gasteiger partial charge in [-0.2, -0.15) is 5.10 Å². The van der Waals surface area contributed by atoms with Crippen LogP contribution in [0.5, 0.6) is 0 Å². The fourth-order valence-electron chi connectivity index (χ4n) is 2.40. The predicted molar refractivity (Wildman–Crippen MR) is 93.5 cm³/mol. The van der Waals surface area contributed by atoms with Gasteiger partial charge < -0.3 is 9.64 Å². The van der Waals surface area contributed by atoms with E-state index in [1.54, 1.807) is 6.07 Å². The van der Waals surface area contributed by atoms with Crippen LogP contribution in [0.3, 0.4) is 0 Å². The summed E-state index contributed by atoms with van der Waals surface area (Å²) in [5.74, 6) is -0.177. The van der Waals surface area contributed by atoms with Crippen LogP contribution in [0.1, 0.15) is 22.2 Å². The van der Waals surface area contributed by atoms with Gasteiger partial charge in [0.05, 0.1) is 23.8 Å². The van der Waals surface area contributed by atoms with Crippen molar-refractivity contribution in [3.63, 3.8) is 0 Å². The molecule has 1 aliphatic heterocycles. The van der Waals surface area contributed by atoms with E-state index in [1.807, 2.05) is 30.5 Å². The highest BCUT2D eigenvalue weighted by atomic mass is 32.1. The van der Waals surface area contributed by atoms with E-state index in [0.29, 0.717) is 4.88 Å². The quantitative estimate of drug-likeness (QED) is 0.693. The van der Waals surface area contributed by atoms with Crippen LogP contribution in [0.25, 0.3) is 0 Å². The van der Waals surface area contributed by atoms with Gasteiger partial charge in [0.25, 0.3) is 5.91 Å². The van der Waals surface area contributed by atoms with Crippen LogP contribution >= 0.6 is 11.3 Å². The third-order valence-electron chi connectivity index (χ3n) is 3.73. The molecule has 3 rings (SSSR count). The standard InChI is InChI=1S/C17H19N3O2S/c1-13(18-19-17(21)16-3-2-12-23-16)14-4-6-15(7-5-14)20-8-10-22-11-9-20/h2-7,12H,8-11H2,1H3,(H,19,21)/b18-13+. The number of thiophene rings is 1. The second-order valence-corrected chi connectivity index (χ2v) is 6.21. The van der Waals surface area contributed by atoms with Crippen molar-refractivity contribution in [1.82, 2.24) is 5.43 Å². The van der Waals surface area contributed by atoms with Crippen molar-refractivity contribution in [3.05, 3.63) is 52.2 Å². The maximum Gasteiger partial charge on any atom is 0.281 e. The number of carbonyl (C=O) groups excluding carboxylic acids is 1. The number of morpholine rings is 1. The minimum absolute atomic E-state index is 0.177. The van der Waals surface area contributed by atoms with Crippen LogP contribution in [-0.4, -0.2) is 37.9 Å². The smallest absolute Gasteiger partial charge is 0.281 e. The second-order valence-electron chi connectivity index (χ2n) is 5.26. The largest absolute Gasteiger partial charge is 0.378 e. The van der Waals surface area contributed by atoms with Crippen LogP contribution in [-0.2, 0) is 4.74 Å². The number of carbonyl (C=O) groups is 1. The van der Waals surface area contributed by atoms with Gasteiger partial charge in [0.1, 0.15) is 0 Å². The number of hydrogen-bond acceptors (Lipinski definition) is 5. The molecule has 1 N–H and O–H groups in total.